The summed E-state index contributed by atoms with van der Waals surface area (Å²) in [4.78, 5) is 40.8. The van der Waals surface area contributed by atoms with Crippen LogP contribution < -0.4 is 20.1 Å². The second-order valence-corrected chi connectivity index (χ2v) is 8.75. The molecule has 8 nitrogen and oxygen atoms in total. The molecule has 0 aromatic heterocycles. The molecule has 2 N–H and O–H groups in total. The molecule has 0 radical (unpaired) electrons. The first-order valence-electron chi connectivity index (χ1n) is 11.8. The zero-order valence-corrected chi connectivity index (χ0v) is 19.6. The number of hydrogen-bond donors (Lipinski definition) is 2. The largest absolute Gasteiger partial charge is 0.454 e. The summed E-state index contributed by atoms with van der Waals surface area (Å²) in [6.45, 7) is 5.66. The fourth-order valence-electron chi connectivity index (χ4n) is 4.44. The van der Waals surface area contributed by atoms with Crippen molar-refractivity contribution in [3.05, 3.63) is 59.2 Å². The average Bonchev–Trinajstić information content (AvgIpc) is 3.34. The number of hydrogen-bond acceptors (Lipinski definition) is 5. The number of benzene rings is 2. The molecule has 0 spiro atoms. The van der Waals surface area contributed by atoms with Gasteiger partial charge < -0.3 is 25.0 Å². The van der Waals surface area contributed by atoms with Crippen molar-refractivity contribution < 1.29 is 23.9 Å². The molecule has 4 rings (SSSR count). The van der Waals surface area contributed by atoms with E-state index < -0.39 is 6.04 Å². The van der Waals surface area contributed by atoms with E-state index in [4.69, 9.17) is 9.47 Å². The van der Waals surface area contributed by atoms with E-state index in [1.807, 2.05) is 43.0 Å². The van der Waals surface area contributed by atoms with Gasteiger partial charge in [-0.2, -0.15) is 0 Å². The van der Waals surface area contributed by atoms with Gasteiger partial charge in [0, 0.05) is 30.8 Å². The first-order valence-corrected chi connectivity index (χ1v) is 11.8. The van der Waals surface area contributed by atoms with Crippen LogP contribution in [0.15, 0.2) is 42.5 Å². The Morgan fingerprint density at radius 2 is 1.79 bits per heavy atom. The standard InChI is InChI=1S/C26H31N3O5/c1-3-12-27-25(31)23(28-24(30)19-8-9-21-22(15-19)34-16-33-21)18-10-13-29(14-11-18)26(32)20-7-5-4-6-17(20)2/h4-9,15,18,23H,3,10-14,16H2,1-2H3,(H,27,31)(H,28,30). The first kappa shape index (κ1) is 23.6. The molecule has 0 bridgehead atoms. The highest BCUT2D eigenvalue weighted by molar-refractivity contribution is 5.98. The van der Waals surface area contributed by atoms with Crippen molar-refractivity contribution in [3.63, 3.8) is 0 Å². The van der Waals surface area contributed by atoms with Crippen molar-refractivity contribution in [2.24, 2.45) is 5.92 Å². The van der Waals surface area contributed by atoms with Gasteiger partial charge >= 0.3 is 0 Å². The van der Waals surface area contributed by atoms with E-state index in [9.17, 15) is 14.4 Å². The summed E-state index contributed by atoms with van der Waals surface area (Å²) in [5.74, 6) is 0.513. The van der Waals surface area contributed by atoms with Crippen LogP contribution in [0, 0.1) is 12.8 Å². The van der Waals surface area contributed by atoms with Gasteiger partial charge in [-0.25, -0.2) is 0 Å². The molecule has 0 aliphatic carbocycles. The molecule has 8 heteroatoms. The Morgan fingerprint density at radius 1 is 1.06 bits per heavy atom. The highest BCUT2D eigenvalue weighted by Gasteiger charge is 2.34. The third-order valence-electron chi connectivity index (χ3n) is 6.43. The molecule has 0 saturated carbocycles. The summed E-state index contributed by atoms with van der Waals surface area (Å²) < 4.78 is 10.7. The molecule has 2 heterocycles. The lowest BCUT2D eigenvalue weighted by Crippen LogP contribution is -2.54. The van der Waals surface area contributed by atoms with Crippen LogP contribution in [0.25, 0.3) is 0 Å². The number of nitrogens with one attached hydrogen (secondary N) is 2. The van der Waals surface area contributed by atoms with Crippen LogP contribution in [-0.2, 0) is 4.79 Å². The Labute approximate surface area is 199 Å². The highest BCUT2D eigenvalue weighted by atomic mass is 16.7. The predicted molar refractivity (Wildman–Crippen MR) is 127 cm³/mol. The SMILES string of the molecule is CCCNC(=O)C(NC(=O)c1ccc2c(c1)OCO2)C1CCN(C(=O)c2ccccc2C)CC1. The summed E-state index contributed by atoms with van der Waals surface area (Å²) >= 11 is 0. The first-order chi connectivity index (χ1) is 16.5. The molecule has 34 heavy (non-hydrogen) atoms. The van der Waals surface area contributed by atoms with E-state index in [0.29, 0.717) is 55.1 Å². The van der Waals surface area contributed by atoms with Gasteiger partial charge in [0.25, 0.3) is 11.8 Å². The molecule has 1 unspecified atom stereocenters. The molecule has 1 saturated heterocycles. The average molecular weight is 466 g/mol. The number of aryl methyl sites for hydroxylation is 1. The van der Waals surface area contributed by atoms with Gasteiger partial charge in [0.1, 0.15) is 6.04 Å². The van der Waals surface area contributed by atoms with Gasteiger partial charge in [0.15, 0.2) is 11.5 Å². The van der Waals surface area contributed by atoms with Crippen molar-refractivity contribution >= 4 is 17.7 Å². The second kappa shape index (κ2) is 10.6. The van der Waals surface area contributed by atoms with Crippen molar-refractivity contribution in [1.82, 2.24) is 15.5 Å². The third kappa shape index (κ3) is 5.16. The van der Waals surface area contributed by atoms with Crippen LogP contribution in [0.3, 0.4) is 0 Å². The van der Waals surface area contributed by atoms with Gasteiger partial charge in [-0.05, 0) is 61.9 Å². The van der Waals surface area contributed by atoms with Crippen LogP contribution in [0.5, 0.6) is 11.5 Å². The van der Waals surface area contributed by atoms with Crippen molar-refractivity contribution in [2.75, 3.05) is 26.4 Å². The minimum absolute atomic E-state index is 0.00734. The Hall–Kier alpha value is -3.55. The van der Waals surface area contributed by atoms with Crippen LogP contribution in [0.4, 0.5) is 0 Å². The van der Waals surface area contributed by atoms with E-state index >= 15 is 0 Å². The lowest BCUT2D eigenvalue weighted by molar-refractivity contribution is -0.124. The number of carbonyl (C=O) groups is 3. The molecular weight excluding hydrogens is 434 g/mol. The van der Waals surface area contributed by atoms with Gasteiger partial charge in [0.05, 0.1) is 0 Å². The predicted octanol–water partition coefficient (Wildman–Crippen LogP) is 2.90. The second-order valence-electron chi connectivity index (χ2n) is 8.75. The maximum absolute atomic E-state index is 13.0. The molecule has 2 aliphatic heterocycles. The summed E-state index contributed by atoms with van der Waals surface area (Å²) in [7, 11) is 0. The molecule has 1 atom stereocenters. The minimum atomic E-state index is -0.680. The Bertz CT molecular complexity index is 1060. The Balaban J connectivity index is 1.44. The van der Waals surface area contributed by atoms with Crippen molar-refractivity contribution in [3.8, 4) is 11.5 Å². The topological polar surface area (TPSA) is 97.0 Å². The van der Waals surface area contributed by atoms with Crippen LogP contribution in [0.1, 0.15) is 52.5 Å². The summed E-state index contributed by atoms with van der Waals surface area (Å²) in [5, 5.41) is 5.85. The Morgan fingerprint density at radius 3 is 2.53 bits per heavy atom. The van der Waals surface area contributed by atoms with Gasteiger partial charge in [-0.3, -0.25) is 14.4 Å². The van der Waals surface area contributed by atoms with E-state index in [1.54, 1.807) is 18.2 Å². The summed E-state index contributed by atoms with van der Waals surface area (Å²) in [6, 6.07) is 11.9. The number of amides is 3. The summed E-state index contributed by atoms with van der Waals surface area (Å²) in [6.07, 6.45) is 2.06. The summed E-state index contributed by atoms with van der Waals surface area (Å²) in [5.41, 5.74) is 2.06. The van der Waals surface area contributed by atoms with E-state index in [2.05, 4.69) is 10.6 Å². The minimum Gasteiger partial charge on any atom is -0.454 e. The zero-order valence-electron chi connectivity index (χ0n) is 19.6. The zero-order chi connectivity index (χ0) is 24.1. The van der Waals surface area contributed by atoms with Gasteiger partial charge in [0.2, 0.25) is 12.7 Å². The quantitative estimate of drug-likeness (QED) is 0.656. The number of fused-ring (bicyclic) bond motifs is 1. The number of likely N-dealkylation sites (tertiary alicyclic amines) is 1. The molecule has 2 aromatic rings. The number of ether oxygens (including phenoxy) is 2. The number of carbonyl (C=O) groups excluding carboxylic acids is 3. The van der Waals surface area contributed by atoms with Crippen molar-refractivity contribution in [1.29, 1.82) is 0 Å². The molecular formula is C26H31N3O5. The fourth-order valence-corrected chi connectivity index (χ4v) is 4.44. The molecule has 2 aliphatic rings. The van der Waals surface area contributed by atoms with E-state index in [0.717, 1.165) is 12.0 Å². The normalized spacial score (nSPS) is 16.1. The van der Waals surface area contributed by atoms with Gasteiger partial charge in [-0.15, -0.1) is 0 Å². The maximum Gasteiger partial charge on any atom is 0.254 e. The molecule has 3 amide bonds. The smallest absolute Gasteiger partial charge is 0.254 e. The lowest BCUT2D eigenvalue weighted by Gasteiger charge is -2.36. The molecule has 2 aromatic carbocycles. The fraction of sp³-hybridized carbons (Fsp3) is 0.423. The van der Waals surface area contributed by atoms with Crippen LogP contribution in [-0.4, -0.2) is 55.1 Å². The number of nitrogens with zero attached hydrogens (tertiary/aromatic N) is 1. The van der Waals surface area contributed by atoms with Crippen LogP contribution >= 0.6 is 0 Å². The maximum atomic E-state index is 13.0. The van der Waals surface area contributed by atoms with E-state index in [1.165, 1.54) is 0 Å². The van der Waals surface area contributed by atoms with Crippen LogP contribution in [0.2, 0.25) is 0 Å². The number of piperidine rings is 1. The number of rotatable bonds is 7. The highest BCUT2D eigenvalue weighted by Crippen LogP contribution is 2.32. The third-order valence-corrected chi connectivity index (χ3v) is 6.43. The molecule has 180 valence electrons. The van der Waals surface area contributed by atoms with Gasteiger partial charge in [-0.1, -0.05) is 25.1 Å². The Kier molecular flexibility index (Phi) is 7.35. The van der Waals surface area contributed by atoms with Crippen molar-refractivity contribution in [2.45, 2.75) is 39.2 Å². The lowest BCUT2D eigenvalue weighted by atomic mass is 9.88. The van der Waals surface area contributed by atoms with E-state index in [-0.39, 0.29) is 30.4 Å². The molecule has 1 fully saturated rings. The monoisotopic (exact) mass is 465 g/mol.